The van der Waals surface area contributed by atoms with Crippen molar-refractivity contribution >= 4 is 40.9 Å². The van der Waals surface area contributed by atoms with E-state index in [2.05, 4.69) is 5.32 Å². The van der Waals surface area contributed by atoms with Gasteiger partial charge in [-0.05, 0) is 38.1 Å². The molecule has 0 saturated heterocycles. The molecule has 0 radical (unpaired) electrons. The van der Waals surface area contributed by atoms with Crippen LogP contribution in [-0.2, 0) is 9.59 Å². The first-order chi connectivity index (χ1) is 11.9. The van der Waals surface area contributed by atoms with Crippen molar-refractivity contribution in [1.29, 1.82) is 0 Å². The Morgan fingerprint density at radius 3 is 2.44 bits per heavy atom. The molecule has 6 heteroatoms. The van der Waals surface area contributed by atoms with Gasteiger partial charge in [-0.15, -0.1) is 11.8 Å². The highest BCUT2D eigenvalue weighted by molar-refractivity contribution is 8.00. The van der Waals surface area contributed by atoms with Crippen LogP contribution in [0.2, 0.25) is 5.02 Å². The van der Waals surface area contributed by atoms with Gasteiger partial charge in [0.15, 0.2) is 0 Å². The van der Waals surface area contributed by atoms with E-state index in [9.17, 15) is 9.59 Å². The number of aryl methyl sites for hydroxylation is 1. The number of carbonyl (C=O) groups is 2. The van der Waals surface area contributed by atoms with Crippen LogP contribution < -0.4 is 5.32 Å². The van der Waals surface area contributed by atoms with Gasteiger partial charge in [-0.25, -0.2) is 0 Å². The standard InChI is InChI=1S/C19H21ClN2O2S/c1-13-8-10-15(11-9-13)21-18(23)12-22(3)19(24)14(2)25-17-7-5-4-6-16(17)20/h4-11,14H,12H2,1-3H3,(H,21,23). The lowest BCUT2D eigenvalue weighted by molar-refractivity contribution is -0.132. The molecule has 0 spiro atoms. The van der Waals surface area contributed by atoms with Gasteiger partial charge < -0.3 is 10.2 Å². The Labute approximate surface area is 157 Å². The minimum Gasteiger partial charge on any atom is -0.335 e. The van der Waals surface area contributed by atoms with Gasteiger partial charge in [-0.3, -0.25) is 9.59 Å². The molecular weight excluding hydrogens is 356 g/mol. The average molecular weight is 377 g/mol. The number of carbonyl (C=O) groups excluding carboxylic acids is 2. The minimum absolute atomic E-state index is 0.000131. The molecule has 25 heavy (non-hydrogen) atoms. The van der Waals surface area contributed by atoms with Crippen LogP contribution in [0.15, 0.2) is 53.4 Å². The number of thioether (sulfide) groups is 1. The van der Waals surface area contributed by atoms with Crippen LogP contribution in [0.1, 0.15) is 12.5 Å². The second-order valence-corrected chi connectivity index (χ2v) is 7.59. The third-order valence-electron chi connectivity index (χ3n) is 3.58. The van der Waals surface area contributed by atoms with Gasteiger partial charge in [-0.2, -0.15) is 0 Å². The van der Waals surface area contributed by atoms with Crippen molar-refractivity contribution in [2.45, 2.75) is 24.0 Å². The highest BCUT2D eigenvalue weighted by Gasteiger charge is 2.21. The van der Waals surface area contributed by atoms with E-state index in [1.54, 1.807) is 13.1 Å². The molecule has 2 rings (SSSR count). The predicted octanol–water partition coefficient (Wildman–Crippen LogP) is 4.23. The fourth-order valence-electron chi connectivity index (χ4n) is 2.22. The second kappa shape index (κ2) is 8.92. The van der Waals surface area contributed by atoms with Crippen LogP contribution in [0.4, 0.5) is 5.69 Å². The summed E-state index contributed by atoms with van der Waals surface area (Å²) >= 11 is 7.51. The molecule has 1 N–H and O–H groups in total. The minimum atomic E-state index is -0.336. The Kier molecular flexibility index (Phi) is 6.91. The summed E-state index contributed by atoms with van der Waals surface area (Å²) in [5.74, 6) is -0.348. The molecule has 2 amide bonds. The molecule has 0 heterocycles. The van der Waals surface area contributed by atoms with E-state index in [0.717, 1.165) is 16.1 Å². The van der Waals surface area contributed by atoms with Gasteiger partial charge in [0.1, 0.15) is 0 Å². The number of amides is 2. The number of likely N-dealkylation sites (N-methyl/N-ethyl adjacent to an activating group) is 1. The van der Waals surface area contributed by atoms with E-state index in [-0.39, 0.29) is 23.6 Å². The van der Waals surface area contributed by atoms with Gasteiger partial charge in [0.2, 0.25) is 11.8 Å². The number of rotatable bonds is 6. The smallest absolute Gasteiger partial charge is 0.243 e. The average Bonchev–Trinajstić information content (AvgIpc) is 2.58. The summed E-state index contributed by atoms with van der Waals surface area (Å²) in [6.07, 6.45) is 0. The predicted molar refractivity (Wildman–Crippen MR) is 104 cm³/mol. The summed E-state index contributed by atoms with van der Waals surface area (Å²) in [4.78, 5) is 26.9. The lowest BCUT2D eigenvalue weighted by Crippen LogP contribution is -2.38. The molecule has 0 fully saturated rings. The largest absolute Gasteiger partial charge is 0.335 e. The van der Waals surface area contributed by atoms with Crippen LogP contribution in [0, 0.1) is 6.92 Å². The van der Waals surface area contributed by atoms with E-state index in [0.29, 0.717) is 5.02 Å². The Morgan fingerprint density at radius 2 is 1.80 bits per heavy atom. The molecule has 0 aromatic heterocycles. The van der Waals surface area contributed by atoms with Gasteiger partial charge in [-0.1, -0.05) is 41.4 Å². The number of nitrogens with zero attached hydrogens (tertiary/aromatic N) is 1. The van der Waals surface area contributed by atoms with E-state index in [1.807, 2.05) is 56.3 Å². The van der Waals surface area contributed by atoms with E-state index in [4.69, 9.17) is 11.6 Å². The Morgan fingerprint density at radius 1 is 1.16 bits per heavy atom. The molecule has 1 unspecified atom stereocenters. The first-order valence-electron chi connectivity index (χ1n) is 7.89. The maximum atomic E-state index is 12.5. The van der Waals surface area contributed by atoms with Crippen LogP contribution >= 0.6 is 23.4 Å². The quantitative estimate of drug-likeness (QED) is 0.767. The van der Waals surface area contributed by atoms with Gasteiger partial charge in [0.05, 0.1) is 16.8 Å². The molecule has 4 nitrogen and oxygen atoms in total. The van der Waals surface area contributed by atoms with Gasteiger partial charge in [0, 0.05) is 17.6 Å². The fraction of sp³-hybridized carbons (Fsp3) is 0.263. The van der Waals surface area contributed by atoms with E-state index in [1.165, 1.54) is 16.7 Å². The van der Waals surface area contributed by atoms with Crippen LogP contribution in [0.5, 0.6) is 0 Å². The molecule has 0 saturated carbocycles. The normalized spacial score (nSPS) is 11.7. The number of nitrogens with one attached hydrogen (secondary N) is 1. The lowest BCUT2D eigenvalue weighted by atomic mass is 10.2. The van der Waals surface area contributed by atoms with Crippen molar-refractivity contribution in [2.24, 2.45) is 0 Å². The molecule has 132 valence electrons. The van der Waals surface area contributed by atoms with Gasteiger partial charge in [0.25, 0.3) is 0 Å². The molecule has 0 bridgehead atoms. The molecule has 1 atom stereocenters. The summed E-state index contributed by atoms with van der Waals surface area (Å²) in [7, 11) is 1.63. The maximum absolute atomic E-state index is 12.5. The van der Waals surface area contributed by atoms with Crippen molar-refractivity contribution in [2.75, 3.05) is 18.9 Å². The highest BCUT2D eigenvalue weighted by atomic mass is 35.5. The third-order valence-corrected chi connectivity index (χ3v) is 5.19. The second-order valence-electron chi connectivity index (χ2n) is 5.80. The Bertz CT molecular complexity index is 749. The molecule has 2 aromatic rings. The number of halogens is 1. The van der Waals surface area contributed by atoms with Crippen molar-refractivity contribution in [1.82, 2.24) is 4.90 Å². The summed E-state index contributed by atoms with van der Waals surface area (Å²) < 4.78 is 0. The van der Waals surface area contributed by atoms with Crippen molar-refractivity contribution < 1.29 is 9.59 Å². The Balaban J connectivity index is 1.89. The highest BCUT2D eigenvalue weighted by Crippen LogP contribution is 2.30. The number of hydrogen-bond donors (Lipinski definition) is 1. The summed E-state index contributed by atoms with van der Waals surface area (Å²) in [5.41, 5.74) is 1.84. The number of hydrogen-bond acceptors (Lipinski definition) is 3. The van der Waals surface area contributed by atoms with Crippen molar-refractivity contribution in [3.8, 4) is 0 Å². The number of anilines is 1. The van der Waals surface area contributed by atoms with E-state index < -0.39 is 0 Å². The van der Waals surface area contributed by atoms with Gasteiger partial charge >= 0.3 is 0 Å². The summed E-state index contributed by atoms with van der Waals surface area (Å²) in [5, 5.41) is 3.07. The fourth-order valence-corrected chi connectivity index (χ4v) is 3.49. The molecule has 2 aromatic carbocycles. The zero-order valence-corrected chi connectivity index (χ0v) is 16.0. The van der Waals surface area contributed by atoms with Crippen molar-refractivity contribution in [3.05, 3.63) is 59.1 Å². The maximum Gasteiger partial charge on any atom is 0.243 e. The van der Waals surface area contributed by atoms with Crippen molar-refractivity contribution in [3.63, 3.8) is 0 Å². The molecule has 0 aliphatic carbocycles. The summed E-state index contributed by atoms with van der Waals surface area (Å²) in [6, 6.07) is 14.9. The van der Waals surface area contributed by atoms with Crippen LogP contribution in [-0.4, -0.2) is 35.6 Å². The topological polar surface area (TPSA) is 49.4 Å². The SMILES string of the molecule is Cc1ccc(NC(=O)CN(C)C(=O)C(C)Sc2ccccc2Cl)cc1. The molecule has 0 aliphatic rings. The third kappa shape index (κ3) is 5.80. The monoisotopic (exact) mass is 376 g/mol. The van der Waals surface area contributed by atoms with Crippen LogP contribution in [0.25, 0.3) is 0 Å². The van der Waals surface area contributed by atoms with Crippen LogP contribution in [0.3, 0.4) is 0 Å². The number of benzene rings is 2. The zero-order valence-electron chi connectivity index (χ0n) is 14.5. The molecule has 0 aliphatic heterocycles. The van der Waals surface area contributed by atoms with E-state index >= 15 is 0 Å². The molecular formula is C19H21ClN2O2S. The first-order valence-corrected chi connectivity index (χ1v) is 9.15. The first kappa shape index (κ1) is 19.3. The lowest BCUT2D eigenvalue weighted by Gasteiger charge is -2.21. The zero-order chi connectivity index (χ0) is 18.4. The summed E-state index contributed by atoms with van der Waals surface area (Å²) in [6.45, 7) is 3.79. The Hall–Kier alpha value is -1.98.